The van der Waals surface area contributed by atoms with Crippen LogP contribution in [0.15, 0.2) is 18.2 Å². The fraction of sp³-hybridized carbons (Fsp3) is 0.700. The summed E-state index contributed by atoms with van der Waals surface area (Å²) >= 11 is 6.20. The van der Waals surface area contributed by atoms with Gasteiger partial charge in [-0.05, 0) is 54.2 Å². The molecule has 3 heteroatoms. The number of methoxy groups -OCH3 is 1. The quantitative estimate of drug-likeness (QED) is 0.879. The highest BCUT2D eigenvalue weighted by molar-refractivity contribution is 6.30. The van der Waals surface area contributed by atoms with Gasteiger partial charge in [-0.25, -0.2) is 0 Å². The number of nitrogens with two attached hydrogens (primary N) is 1. The number of benzene rings is 1. The summed E-state index contributed by atoms with van der Waals surface area (Å²) in [7, 11) is 1.75. The van der Waals surface area contributed by atoms with Gasteiger partial charge in [-0.1, -0.05) is 25.4 Å². The molecule has 4 aliphatic carbocycles. The van der Waals surface area contributed by atoms with Crippen molar-refractivity contribution in [3.8, 4) is 5.75 Å². The van der Waals surface area contributed by atoms with Crippen LogP contribution < -0.4 is 10.1 Å². The van der Waals surface area contributed by atoms with Crippen LogP contribution in [-0.4, -0.2) is 12.6 Å². The lowest BCUT2D eigenvalue weighted by Gasteiger charge is -2.63. The van der Waals surface area contributed by atoms with Gasteiger partial charge in [0.2, 0.25) is 0 Å². The average Bonchev–Trinajstić information content (AvgIpc) is 2.41. The van der Waals surface area contributed by atoms with Gasteiger partial charge in [0.1, 0.15) is 12.3 Å². The van der Waals surface area contributed by atoms with E-state index in [-0.39, 0.29) is 0 Å². The van der Waals surface area contributed by atoms with E-state index in [4.69, 9.17) is 16.3 Å². The number of hydrogen-bond acceptors (Lipinski definition) is 1. The molecule has 5 rings (SSSR count). The first-order chi connectivity index (χ1) is 10.8. The van der Waals surface area contributed by atoms with Gasteiger partial charge in [0.05, 0.1) is 12.6 Å². The molecular formula is C20H29ClNO+. The Kier molecular flexibility index (Phi) is 3.52. The molecule has 4 aliphatic rings. The Hall–Kier alpha value is -0.730. The topological polar surface area (TPSA) is 25.8 Å². The number of hydrogen-bond donors (Lipinski definition) is 1. The molecule has 4 fully saturated rings. The Morgan fingerprint density at radius 1 is 1.13 bits per heavy atom. The minimum atomic E-state index is 0.441. The largest absolute Gasteiger partial charge is 0.496 e. The van der Waals surface area contributed by atoms with Gasteiger partial charge in [0, 0.05) is 29.8 Å². The first-order valence-corrected chi connectivity index (χ1v) is 9.37. The molecule has 4 bridgehead atoms. The predicted octanol–water partition coefficient (Wildman–Crippen LogP) is 4.16. The van der Waals surface area contributed by atoms with Crippen molar-refractivity contribution in [1.82, 2.24) is 0 Å². The highest BCUT2D eigenvalue weighted by Crippen LogP contribution is 2.65. The molecule has 1 aromatic carbocycles. The first kappa shape index (κ1) is 15.8. The summed E-state index contributed by atoms with van der Waals surface area (Å²) in [6.45, 7) is 6.05. The first-order valence-electron chi connectivity index (χ1n) is 9.00. The predicted molar refractivity (Wildman–Crippen MR) is 93.8 cm³/mol. The standard InChI is InChI=1S/C20H28ClNO/c1-18-7-14-8-19(2,11-18)13-20(9-14,12-18)22-10-15-6-16(21)4-5-17(15)23-3/h4-6,14,22H,7-13H2,1-3H3/p+1/t14?,18-,19+,20?. The molecule has 0 aromatic heterocycles. The lowest BCUT2D eigenvalue weighted by molar-refractivity contribution is -0.755. The van der Waals surface area contributed by atoms with Gasteiger partial charge in [0.15, 0.2) is 0 Å². The molecule has 2 unspecified atom stereocenters. The van der Waals surface area contributed by atoms with E-state index in [0.29, 0.717) is 16.4 Å². The summed E-state index contributed by atoms with van der Waals surface area (Å²) in [5.41, 5.74) is 2.81. The third-order valence-electron chi connectivity index (χ3n) is 6.67. The Balaban J connectivity index is 1.56. The van der Waals surface area contributed by atoms with Crippen molar-refractivity contribution >= 4 is 11.6 Å². The third kappa shape index (κ3) is 2.78. The van der Waals surface area contributed by atoms with E-state index in [9.17, 15) is 0 Å². The number of rotatable bonds is 4. The van der Waals surface area contributed by atoms with Crippen molar-refractivity contribution in [3.05, 3.63) is 28.8 Å². The molecule has 0 amide bonds. The Labute approximate surface area is 144 Å². The molecule has 1 aromatic rings. The summed E-state index contributed by atoms with van der Waals surface area (Å²) in [6, 6.07) is 5.98. The SMILES string of the molecule is COc1ccc(Cl)cc1C[NH2+]C12CC3C[C@@](C)(C1)C[C@](C)(C3)C2. The van der Waals surface area contributed by atoms with E-state index >= 15 is 0 Å². The highest BCUT2D eigenvalue weighted by Gasteiger charge is 2.62. The average molecular weight is 335 g/mol. The van der Waals surface area contributed by atoms with Crippen molar-refractivity contribution in [2.45, 2.75) is 64.5 Å². The summed E-state index contributed by atoms with van der Waals surface area (Å²) in [6.07, 6.45) is 8.52. The minimum absolute atomic E-state index is 0.441. The van der Waals surface area contributed by atoms with E-state index in [1.54, 1.807) is 7.11 Å². The molecule has 4 saturated carbocycles. The van der Waals surface area contributed by atoms with Crippen molar-refractivity contribution in [3.63, 3.8) is 0 Å². The van der Waals surface area contributed by atoms with Gasteiger partial charge in [-0.2, -0.15) is 0 Å². The lowest BCUT2D eigenvalue weighted by Crippen LogP contribution is -2.98. The summed E-state index contributed by atoms with van der Waals surface area (Å²) in [5.74, 6) is 1.91. The maximum Gasteiger partial charge on any atom is 0.127 e. The molecule has 126 valence electrons. The van der Waals surface area contributed by atoms with E-state index < -0.39 is 0 Å². The number of halogens is 1. The normalized spacial score (nSPS) is 41.3. The Morgan fingerprint density at radius 3 is 2.43 bits per heavy atom. The van der Waals surface area contributed by atoms with Crippen LogP contribution in [0.1, 0.15) is 57.9 Å². The van der Waals surface area contributed by atoms with Gasteiger partial charge in [0.25, 0.3) is 0 Å². The molecule has 0 aliphatic heterocycles. The molecule has 23 heavy (non-hydrogen) atoms. The summed E-state index contributed by atoms with van der Waals surface area (Å²) < 4.78 is 5.53. The lowest BCUT2D eigenvalue weighted by atomic mass is 9.43. The van der Waals surface area contributed by atoms with E-state index in [2.05, 4.69) is 25.2 Å². The van der Waals surface area contributed by atoms with Crippen LogP contribution in [0, 0.1) is 16.7 Å². The molecular weight excluding hydrogens is 306 g/mol. The Morgan fingerprint density at radius 2 is 1.83 bits per heavy atom. The summed E-state index contributed by atoms with van der Waals surface area (Å²) in [5, 5.41) is 3.43. The van der Waals surface area contributed by atoms with Crippen LogP contribution in [0.4, 0.5) is 0 Å². The summed E-state index contributed by atoms with van der Waals surface area (Å²) in [4.78, 5) is 0. The molecule has 0 radical (unpaired) electrons. The van der Waals surface area contributed by atoms with Crippen molar-refractivity contribution in [2.24, 2.45) is 16.7 Å². The van der Waals surface area contributed by atoms with Crippen LogP contribution in [-0.2, 0) is 6.54 Å². The third-order valence-corrected chi connectivity index (χ3v) is 6.90. The van der Waals surface area contributed by atoms with E-state index in [1.165, 1.54) is 44.1 Å². The molecule has 0 heterocycles. The van der Waals surface area contributed by atoms with Gasteiger partial charge >= 0.3 is 0 Å². The molecule has 0 spiro atoms. The van der Waals surface area contributed by atoms with E-state index in [1.807, 2.05) is 12.1 Å². The molecule has 2 N–H and O–H groups in total. The van der Waals surface area contributed by atoms with E-state index in [0.717, 1.165) is 23.2 Å². The van der Waals surface area contributed by atoms with Gasteiger partial charge in [-0.15, -0.1) is 0 Å². The van der Waals surface area contributed by atoms with Crippen LogP contribution in [0.5, 0.6) is 5.75 Å². The monoisotopic (exact) mass is 334 g/mol. The Bertz CT molecular complexity index is 610. The van der Waals surface area contributed by atoms with Crippen LogP contribution in [0.25, 0.3) is 0 Å². The van der Waals surface area contributed by atoms with Crippen molar-refractivity contribution in [2.75, 3.05) is 7.11 Å². The molecule has 4 atom stereocenters. The zero-order valence-corrected chi connectivity index (χ0v) is 15.4. The van der Waals surface area contributed by atoms with Crippen LogP contribution >= 0.6 is 11.6 Å². The smallest absolute Gasteiger partial charge is 0.127 e. The zero-order valence-electron chi connectivity index (χ0n) is 14.6. The number of ether oxygens (including phenoxy) is 1. The van der Waals surface area contributed by atoms with Gasteiger partial charge < -0.3 is 10.1 Å². The maximum absolute atomic E-state index is 6.20. The zero-order chi connectivity index (χ0) is 16.3. The van der Waals surface area contributed by atoms with Crippen molar-refractivity contribution in [1.29, 1.82) is 0 Å². The second-order valence-electron chi connectivity index (χ2n) is 9.36. The molecule has 0 saturated heterocycles. The minimum Gasteiger partial charge on any atom is -0.496 e. The highest BCUT2D eigenvalue weighted by atomic mass is 35.5. The van der Waals surface area contributed by atoms with Crippen molar-refractivity contribution < 1.29 is 10.1 Å². The molecule has 2 nitrogen and oxygen atoms in total. The second kappa shape index (κ2) is 5.13. The van der Waals surface area contributed by atoms with Crippen LogP contribution in [0.3, 0.4) is 0 Å². The fourth-order valence-corrected chi connectivity index (χ4v) is 7.19. The fourth-order valence-electron chi connectivity index (χ4n) is 7.00. The maximum atomic E-state index is 6.20. The number of quaternary nitrogens is 1. The van der Waals surface area contributed by atoms with Crippen LogP contribution in [0.2, 0.25) is 5.02 Å². The van der Waals surface area contributed by atoms with Gasteiger partial charge in [-0.3, -0.25) is 0 Å². The second-order valence-corrected chi connectivity index (χ2v) is 9.79.